The summed E-state index contributed by atoms with van der Waals surface area (Å²) in [6.07, 6.45) is 0. The van der Waals surface area contributed by atoms with Gasteiger partial charge in [0.1, 0.15) is 0 Å². The number of anilines is 1. The van der Waals surface area contributed by atoms with Gasteiger partial charge >= 0.3 is 0 Å². The molecule has 0 saturated carbocycles. The maximum absolute atomic E-state index is 12.6. The molecule has 0 fully saturated rings. The molecular formula is C16H13N3O3S. The second-order valence-corrected chi connectivity index (χ2v) is 6.10. The molecule has 2 aromatic carbocycles. The molecule has 0 aliphatic rings. The van der Waals surface area contributed by atoms with Crippen molar-refractivity contribution in [2.75, 3.05) is 11.9 Å². The van der Waals surface area contributed by atoms with E-state index in [2.05, 4.69) is 4.98 Å². The average molecular weight is 327 g/mol. The van der Waals surface area contributed by atoms with Crippen LogP contribution in [0.25, 0.3) is 10.2 Å². The van der Waals surface area contributed by atoms with Crippen LogP contribution in [-0.2, 0) is 0 Å². The summed E-state index contributed by atoms with van der Waals surface area (Å²) >= 11 is 1.40. The molecule has 7 heteroatoms. The molecule has 0 aliphatic heterocycles. The van der Waals surface area contributed by atoms with Crippen LogP contribution in [0, 0.1) is 17.0 Å². The third-order valence-electron chi connectivity index (χ3n) is 3.53. The van der Waals surface area contributed by atoms with E-state index in [1.54, 1.807) is 26.1 Å². The van der Waals surface area contributed by atoms with E-state index in [0.29, 0.717) is 10.7 Å². The lowest BCUT2D eigenvalue weighted by Crippen LogP contribution is -2.26. The van der Waals surface area contributed by atoms with Gasteiger partial charge in [0.05, 0.1) is 15.1 Å². The summed E-state index contributed by atoms with van der Waals surface area (Å²) in [4.78, 5) is 29.0. The first-order valence-corrected chi connectivity index (χ1v) is 7.67. The van der Waals surface area contributed by atoms with Gasteiger partial charge in [0, 0.05) is 24.2 Å². The van der Waals surface area contributed by atoms with Crippen molar-refractivity contribution in [2.45, 2.75) is 6.92 Å². The zero-order valence-corrected chi connectivity index (χ0v) is 13.3. The molecule has 0 unspecified atom stereocenters. The minimum Gasteiger partial charge on any atom is -0.287 e. The molecule has 1 aromatic heterocycles. The van der Waals surface area contributed by atoms with Gasteiger partial charge in [-0.05, 0) is 25.1 Å². The Morgan fingerprint density at radius 2 is 2.00 bits per heavy atom. The highest BCUT2D eigenvalue weighted by atomic mass is 32.1. The monoisotopic (exact) mass is 327 g/mol. The Kier molecular flexibility index (Phi) is 3.79. The molecule has 6 nitrogen and oxygen atoms in total. The van der Waals surface area contributed by atoms with Crippen molar-refractivity contribution >= 4 is 38.3 Å². The van der Waals surface area contributed by atoms with Gasteiger partial charge in [-0.25, -0.2) is 4.98 Å². The van der Waals surface area contributed by atoms with Crippen molar-refractivity contribution in [3.05, 3.63) is 63.7 Å². The molecule has 0 spiro atoms. The zero-order valence-electron chi connectivity index (χ0n) is 12.5. The number of para-hydroxylation sites is 1. The smallest absolute Gasteiger partial charge is 0.273 e. The quantitative estimate of drug-likeness (QED) is 0.542. The van der Waals surface area contributed by atoms with Crippen molar-refractivity contribution in [2.24, 2.45) is 0 Å². The van der Waals surface area contributed by atoms with E-state index in [-0.39, 0.29) is 17.2 Å². The van der Waals surface area contributed by atoms with Crippen LogP contribution in [0.1, 0.15) is 15.9 Å². The number of carbonyl (C=O) groups excluding carboxylic acids is 1. The SMILES string of the molecule is Cc1ccc(C(=O)N(C)c2nc3ccccc3s2)cc1[N+](=O)[O-]. The fourth-order valence-corrected chi connectivity index (χ4v) is 3.15. The Labute approximate surface area is 136 Å². The van der Waals surface area contributed by atoms with Crippen molar-refractivity contribution in [1.29, 1.82) is 0 Å². The molecule has 3 rings (SSSR count). The van der Waals surface area contributed by atoms with Crippen LogP contribution >= 0.6 is 11.3 Å². The highest BCUT2D eigenvalue weighted by Gasteiger charge is 2.20. The third-order valence-corrected chi connectivity index (χ3v) is 4.64. The van der Waals surface area contributed by atoms with Crippen LogP contribution in [0.2, 0.25) is 0 Å². The molecule has 0 saturated heterocycles. The number of rotatable bonds is 3. The van der Waals surface area contributed by atoms with Crippen LogP contribution in [-0.4, -0.2) is 22.9 Å². The minimum atomic E-state index is -0.482. The van der Waals surface area contributed by atoms with E-state index in [0.717, 1.165) is 10.2 Å². The number of nitro groups is 1. The zero-order chi connectivity index (χ0) is 16.6. The number of hydrogen-bond donors (Lipinski definition) is 0. The van der Waals surface area contributed by atoms with Gasteiger partial charge < -0.3 is 0 Å². The van der Waals surface area contributed by atoms with Gasteiger partial charge in [-0.15, -0.1) is 0 Å². The Morgan fingerprint density at radius 3 is 2.70 bits per heavy atom. The number of carbonyl (C=O) groups is 1. The summed E-state index contributed by atoms with van der Waals surface area (Å²) in [5, 5.41) is 11.6. The molecular weight excluding hydrogens is 314 g/mol. The fourth-order valence-electron chi connectivity index (χ4n) is 2.22. The summed E-state index contributed by atoms with van der Waals surface area (Å²) in [5.74, 6) is -0.327. The second kappa shape index (κ2) is 5.77. The summed E-state index contributed by atoms with van der Waals surface area (Å²) in [6.45, 7) is 1.64. The largest absolute Gasteiger partial charge is 0.287 e. The van der Waals surface area contributed by atoms with Crippen molar-refractivity contribution in [3.8, 4) is 0 Å². The number of amides is 1. The Hall–Kier alpha value is -2.80. The predicted octanol–water partition coefficient (Wildman–Crippen LogP) is 3.79. The number of nitrogens with zero attached hydrogens (tertiary/aromatic N) is 3. The van der Waals surface area contributed by atoms with E-state index in [4.69, 9.17) is 0 Å². The molecule has 0 N–H and O–H groups in total. The lowest BCUT2D eigenvalue weighted by Gasteiger charge is -2.13. The summed E-state index contributed by atoms with van der Waals surface area (Å²) < 4.78 is 0.983. The first-order valence-electron chi connectivity index (χ1n) is 6.86. The van der Waals surface area contributed by atoms with E-state index in [1.165, 1.54) is 22.3 Å². The van der Waals surface area contributed by atoms with E-state index < -0.39 is 4.92 Å². The molecule has 0 aliphatic carbocycles. The molecule has 1 amide bonds. The number of aryl methyl sites for hydroxylation is 1. The minimum absolute atomic E-state index is 0.0615. The molecule has 0 radical (unpaired) electrons. The molecule has 3 aromatic rings. The van der Waals surface area contributed by atoms with Gasteiger partial charge in [0.15, 0.2) is 5.13 Å². The standard InChI is InChI=1S/C16H13N3O3S/c1-10-7-8-11(9-13(10)19(21)22)15(20)18(2)16-17-12-5-3-4-6-14(12)23-16/h3-9H,1-2H3. The van der Waals surface area contributed by atoms with Crippen molar-refractivity contribution in [1.82, 2.24) is 4.98 Å². The first kappa shape index (κ1) is 15.1. The molecule has 0 atom stereocenters. The van der Waals surface area contributed by atoms with Gasteiger partial charge in [0.25, 0.3) is 11.6 Å². The van der Waals surface area contributed by atoms with Crippen molar-refractivity contribution in [3.63, 3.8) is 0 Å². The van der Waals surface area contributed by atoms with Gasteiger partial charge in [-0.1, -0.05) is 29.5 Å². The summed E-state index contributed by atoms with van der Waals surface area (Å²) in [5.41, 5.74) is 1.55. The number of hydrogen-bond acceptors (Lipinski definition) is 5. The average Bonchev–Trinajstić information content (AvgIpc) is 2.97. The van der Waals surface area contributed by atoms with E-state index in [9.17, 15) is 14.9 Å². The molecule has 23 heavy (non-hydrogen) atoms. The summed E-state index contributed by atoms with van der Waals surface area (Å²) in [7, 11) is 1.62. The lowest BCUT2D eigenvalue weighted by molar-refractivity contribution is -0.385. The second-order valence-electron chi connectivity index (χ2n) is 5.09. The molecule has 1 heterocycles. The van der Waals surface area contributed by atoms with Crippen LogP contribution in [0.5, 0.6) is 0 Å². The van der Waals surface area contributed by atoms with Gasteiger partial charge in [-0.2, -0.15) is 0 Å². The van der Waals surface area contributed by atoms with Gasteiger partial charge in [0.2, 0.25) is 0 Å². The van der Waals surface area contributed by atoms with Crippen LogP contribution in [0.3, 0.4) is 0 Å². The van der Waals surface area contributed by atoms with Crippen LogP contribution in [0.4, 0.5) is 10.8 Å². The topological polar surface area (TPSA) is 76.3 Å². The maximum Gasteiger partial charge on any atom is 0.273 e. The Bertz CT molecular complexity index is 887. The Balaban J connectivity index is 1.96. The van der Waals surface area contributed by atoms with E-state index >= 15 is 0 Å². The van der Waals surface area contributed by atoms with Crippen LogP contribution in [0.15, 0.2) is 42.5 Å². The number of nitro benzene ring substituents is 1. The highest BCUT2D eigenvalue weighted by Crippen LogP contribution is 2.29. The van der Waals surface area contributed by atoms with Gasteiger partial charge in [-0.3, -0.25) is 19.8 Å². The first-order chi connectivity index (χ1) is 11.0. The number of aromatic nitrogens is 1. The Morgan fingerprint density at radius 1 is 1.26 bits per heavy atom. The molecule has 0 bridgehead atoms. The molecule has 116 valence electrons. The highest BCUT2D eigenvalue weighted by molar-refractivity contribution is 7.22. The number of thiazole rings is 1. The fraction of sp³-hybridized carbons (Fsp3) is 0.125. The van der Waals surface area contributed by atoms with Crippen LogP contribution < -0.4 is 4.90 Å². The van der Waals surface area contributed by atoms with Crippen molar-refractivity contribution < 1.29 is 9.72 Å². The predicted molar refractivity (Wildman–Crippen MR) is 90.2 cm³/mol. The summed E-state index contributed by atoms with van der Waals surface area (Å²) in [6, 6.07) is 12.1. The van der Waals surface area contributed by atoms with E-state index in [1.807, 2.05) is 24.3 Å². The maximum atomic E-state index is 12.6. The third kappa shape index (κ3) is 2.78. The normalized spacial score (nSPS) is 10.7. The number of benzene rings is 2. The number of fused-ring (bicyclic) bond motifs is 1. The lowest BCUT2D eigenvalue weighted by atomic mass is 10.1.